The Bertz CT molecular complexity index is 643. The van der Waals surface area contributed by atoms with E-state index in [4.69, 9.17) is 9.47 Å². The number of hydrogen-bond donors (Lipinski definition) is 0. The van der Waals surface area contributed by atoms with Crippen molar-refractivity contribution >= 4 is 9.84 Å². The summed E-state index contributed by atoms with van der Waals surface area (Å²) in [5.74, 6) is -0.724. The SMILES string of the molecule is Cc1ccc(S(=O)(=O)C(C#N)C[C@H]2COC(C)(C)O2)cc1. The zero-order chi connectivity index (χ0) is 15.7. The standard InChI is InChI=1S/C15H19NO4S/c1-11-4-6-13(7-5-11)21(17,18)14(9-16)8-12-10-19-15(2,3)20-12/h4-7,12,14H,8,10H2,1-3H3/t12-,14?/m0/s1. The molecular weight excluding hydrogens is 290 g/mol. The normalized spacial score (nSPS) is 22.7. The Morgan fingerprint density at radius 2 is 2.00 bits per heavy atom. The maximum atomic E-state index is 12.5. The number of aryl methyl sites for hydroxylation is 1. The molecule has 0 aromatic heterocycles. The zero-order valence-electron chi connectivity index (χ0n) is 12.4. The lowest BCUT2D eigenvalue weighted by molar-refractivity contribution is -0.138. The van der Waals surface area contributed by atoms with E-state index in [0.717, 1.165) is 5.56 Å². The van der Waals surface area contributed by atoms with E-state index in [9.17, 15) is 13.7 Å². The second-order valence-electron chi connectivity index (χ2n) is 5.66. The summed E-state index contributed by atoms with van der Waals surface area (Å²) in [4.78, 5) is 0.165. The van der Waals surface area contributed by atoms with E-state index >= 15 is 0 Å². The van der Waals surface area contributed by atoms with Crippen LogP contribution >= 0.6 is 0 Å². The summed E-state index contributed by atoms with van der Waals surface area (Å²) in [5, 5.41) is 8.11. The minimum Gasteiger partial charge on any atom is -0.348 e. The minimum absolute atomic E-state index is 0.107. The van der Waals surface area contributed by atoms with Crippen LogP contribution in [-0.2, 0) is 19.3 Å². The molecule has 0 radical (unpaired) electrons. The maximum absolute atomic E-state index is 12.5. The largest absolute Gasteiger partial charge is 0.348 e. The van der Waals surface area contributed by atoms with Crippen LogP contribution in [0.2, 0.25) is 0 Å². The Hall–Kier alpha value is -1.42. The van der Waals surface area contributed by atoms with E-state index < -0.39 is 20.9 Å². The molecule has 0 aliphatic carbocycles. The van der Waals surface area contributed by atoms with E-state index in [-0.39, 0.29) is 17.4 Å². The van der Waals surface area contributed by atoms with E-state index in [1.54, 1.807) is 26.0 Å². The number of rotatable bonds is 4. The lowest BCUT2D eigenvalue weighted by Crippen LogP contribution is -2.28. The van der Waals surface area contributed by atoms with Gasteiger partial charge in [0.2, 0.25) is 0 Å². The molecule has 1 unspecified atom stereocenters. The van der Waals surface area contributed by atoms with Crippen LogP contribution in [0, 0.1) is 18.3 Å². The number of sulfone groups is 1. The highest BCUT2D eigenvalue weighted by molar-refractivity contribution is 7.92. The van der Waals surface area contributed by atoms with Crippen molar-refractivity contribution in [3.05, 3.63) is 29.8 Å². The monoisotopic (exact) mass is 309 g/mol. The van der Waals surface area contributed by atoms with Gasteiger partial charge in [0.05, 0.1) is 23.7 Å². The van der Waals surface area contributed by atoms with Crippen molar-refractivity contribution in [2.45, 2.75) is 49.2 Å². The highest BCUT2D eigenvalue weighted by Crippen LogP contribution is 2.28. The Kier molecular flexibility index (Phi) is 4.38. The van der Waals surface area contributed by atoms with Crippen LogP contribution in [0.4, 0.5) is 0 Å². The summed E-state index contributed by atoms with van der Waals surface area (Å²) >= 11 is 0. The van der Waals surface area contributed by atoms with E-state index in [0.29, 0.717) is 6.61 Å². The molecule has 0 amide bonds. The molecule has 5 nitrogen and oxygen atoms in total. The molecule has 1 heterocycles. The Morgan fingerprint density at radius 3 is 2.48 bits per heavy atom. The van der Waals surface area contributed by atoms with Crippen LogP contribution < -0.4 is 0 Å². The molecule has 21 heavy (non-hydrogen) atoms. The van der Waals surface area contributed by atoms with Gasteiger partial charge >= 0.3 is 0 Å². The van der Waals surface area contributed by atoms with Gasteiger partial charge in [0.15, 0.2) is 20.9 Å². The predicted molar refractivity (Wildman–Crippen MR) is 77.3 cm³/mol. The number of benzene rings is 1. The van der Waals surface area contributed by atoms with Gasteiger partial charge < -0.3 is 9.47 Å². The highest BCUT2D eigenvalue weighted by Gasteiger charge is 2.37. The number of hydrogen-bond acceptors (Lipinski definition) is 5. The topological polar surface area (TPSA) is 76.4 Å². The Morgan fingerprint density at radius 1 is 1.38 bits per heavy atom. The lowest BCUT2D eigenvalue weighted by Gasteiger charge is -2.18. The van der Waals surface area contributed by atoms with Gasteiger partial charge in [-0.15, -0.1) is 0 Å². The fourth-order valence-electron chi connectivity index (χ4n) is 2.26. The average molecular weight is 309 g/mol. The van der Waals surface area contributed by atoms with Crippen molar-refractivity contribution in [2.75, 3.05) is 6.61 Å². The molecule has 1 aliphatic rings. The van der Waals surface area contributed by atoms with Crippen molar-refractivity contribution in [3.63, 3.8) is 0 Å². The third-order valence-corrected chi connectivity index (χ3v) is 5.39. The van der Waals surface area contributed by atoms with Crippen LogP contribution in [0.3, 0.4) is 0 Å². The van der Waals surface area contributed by atoms with Crippen LogP contribution in [0.1, 0.15) is 25.8 Å². The second kappa shape index (κ2) is 5.76. The first-order valence-electron chi connectivity index (χ1n) is 6.76. The van der Waals surface area contributed by atoms with Gasteiger partial charge in [-0.1, -0.05) is 17.7 Å². The van der Waals surface area contributed by atoms with Crippen molar-refractivity contribution < 1.29 is 17.9 Å². The summed E-state index contributed by atoms with van der Waals surface area (Å²) in [7, 11) is -3.69. The number of ether oxygens (including phenoxy) is 2. The van der Waals surface area contributed by atoms with Gasteiger partial charge in [-0.25, -0.2) is 8.42 Å². The summed E-state index contributed by atoms with van der Waals surface area (Å²) in [5.41, 5.74) is 0.969. The Balaban J connectivity index is 2.17. The zero-order valence-corrected chi connectivity index (χ0v) is 13.2. The van der Waals surface area contributed by atoms with Crippen LogP contribution in [0.15, 0.2) is 29.2 Å². The van der Waals surface area contributed by atoms with Crippen molar-refractivity contribution in [3.8, 4) is 6.07 Å². The van der Waals surface area contributed by atoms with Gasteiger partial charge in [0.25, 0.3) is 0 Å². The summed E-state index contributed by atoms with van der Waals surface area (Å²) in [6.45, 7) is 5.71. The van der Waals surface area contributed by atoms with Crippen LogP contribution in [0.5, 0.6) is 0 Å². The fourth-order valence-corrected chi connectivity index (χ4v) is 3.71. The van der Waals surface area contributed by atoms with Crippen LogP contribution in [0.25, 0.3) is 0 Å². The first-order valence-corrected chi connectivity index (χ1v) is 8.31. The second-order valence-corrected chi connectivity index (χ2v) is 7.79. The van der Waals surface area contributed by atoms with Gasteiger partial charge in [-0.3, -0.25) is 0 Å². The summed E-state index contributed by atoms with van der Waals surface area (Å²) < 4.78 is 36.0. The van der Waals surface area contributed by atoms with Crippen molar-refractivity contribution in [2.24, 2.45) is 0 Å². The third-order valence-electron chi connectivity index (χ3n) is 3.41. The van der Waals surface area contributed by atoms with Crippen molar-refractivity contribution in [1.82, 2.24) is 0 Å². The predicted octanol–water partition coefficient (Wildman–Crippen LogP) is 2.20. The van der Waals surface area contributed by atoms with Gasteiger partial charge in [0.1, 0.15) is 0 Å². The summed E-state index contributed by atoms with van der Waals surface area (Å²) in [6, 6.07) is 8.40. The molecule has 1 fully saturated rings. The molecule has 2 rings (SSSR count). The van der Waals surface area contributed by atoms with Crippen LogP contribution in [-0.4, -0.2) is 32.2 Å². The van der Waals surface area contributed by atoms with E-state index in [1.807, 2.05) is 13.0 Å². The minimum atomic E-state index is -3.69. The molecule has 114 valence electrons. The van der Waals surface area contributed by atoms with Gasteiger partial charge in [0, 0.05) is 6.42 Å². The molecule has 1 saturated heterocycles. The van der Waals surface area contributed by atoms with E-state index in [1.165, 1.54) is 12.1 Å². The molecule has 6 heteroatoms. The lowest BCUT2D eigenvalue weighted by atomic mass is 10.2. The molecule has 1 aromatic rings. The smallest absolute Gasteiger partial charge is 0.194 e. The molecule has 0 saturated carbocycles. The van der Waals surface area contributed by atoms with Gasteiger partial charge in [-0.2, -0.15) is 5.26 Å². The highest BCUT2D eigenvalue weighted by atomic mass is 32.2. The maximum Gasteiger partial charge on any atom is 0.194 e. The summed E-state index contributed by atoms with van der Waals surface area (Å²) in [6.07, 6.45) is -0.277. The first-order chi connectivity index (χ1) is 9.74. The fraction of sp³-hybridized carbons (Fsp3) is 0.533. The Labute approximate surface area is 125 Å². The van der Waals surface area contributed by atoms with Gasteiger partial charge in [-0.05, 0) is 32.9 Å². The first kappa shape index (κ1) is 16.0. The van der Waals surface area contributed by atoms with Crippen molar-refractivity contribution in [1.29, 1.82) is 5.26 Å². The average Bonchev–Trinajstić information content (AvgIpc) is 2.75. The quantitative estimate of drug-likeness (QED) is 0.852. The molecule has 0 bridgehead atoms. The molecule has 0 spiro atoms. The number of nitriles is 1. The molecule has 0 N–H and O–H groups in total. The number of nitrogens with zero attached hydrogens (tertiary/aromatic N) is 1. The molecule has 1 aromatic carbocycles. The molecule has 2 atom stereocenters. The van der Waals surface area contributed by atoms with E-state index in [2.05, 4.69) is 0 Å². The molecular formula is C15H19NO4S. The molecule has 1 aliphatic heterocycles. The third kappa shape index (κ3) is 3.62.